The summed E-state index contributed by atoms with van der Waals surface area (Å²) in [7, 11) is 1.44. The van der Waals surface area contributed by atoms with Gasteiger partial charge in [0, 0.05) is 24.6 Å². The Kier molecular flexibility index (Phi) is 5.53. The SMILES string of the molecule is COCC(O)CNC(=O)c1csc(-c2ccc(F)c(F)c2)n1. The summed E-state index contributed by atoms with van der Waals surface area (Å²) in [4.78, 5) is 15.9. The average Bonchev–Trinajstić information content (AvgIpc) is 2.98. The molecule has 1 aromatic carbocycles. The number of carbonyl (C=O) groups is 1. The molecule has 2 N–H and O–H groups in total. The molecule has 22 heavy (non-hydrogen) atoms. The molecular formula is C14H14F2N2O3S. The smallest absolute Gasteiger partial charge is 0.270 e. The topological polar surface area (TPSA) is 71.5 Å². The van der Waals surface area contributed by atoms with E-state index in [1.165, 1.54) is 18.6 Å². The van der Waals surface area contributed by atoms with Crippen molar-refractivity contribution in [1.82, 2.24) is 10.3 Å². The molecule has 5 nitrogen and oxygen atoms in total. The molecule has 0 saturated heterocycles. The van der Waals surface area contributed by atoms with Gasteiger partial charge in [0.25, 0.3) is 5.91 Å². The van der Waals surface area contributed by atoms with Gasteiger partial charge in [0.15, 0.2) is 11.6 Å². The van der Waals surface area contributed by atoms with E-state index in [2.05, 4.69) is 10.3 Å². The van der Waals surface area contributed by atoms with Crippen molar-refractivity contribution >= 4 is 17.2 Å². The second-order valence-electron chi connectivity index (χ2n) is 4.49. The summed E-state index contributed by atoms with van der Waals surface area (Å²) < 4.78 is 30.8. The Hall–Kier alpha value is -1.90. The van der Waals surface area contributed by atoms with Gasteiger partial charge >= 0.3 is 0 Å². The Morgan fingerprint density at radius 1 is 1.45 bits per heavy atom. The van der Waals surface area contributed by atoms with Crippen LogP contribution in [0.2, 0.25) is 0 Å². The van der Waals surface area contributed by atoms with E-state index in [-0.39, 0.29) is 18.8 Å². The van der Waals surface area contributed by atoms with Gasteiger partial charge in [-0.25, -0.2) is 13.8 Å². The van der Waals surface area contributed by atoms with E-state index >= 15 is 0 Å². The summed E-state index contributed by atoms with van der Waals surface area (Å²) in [5.41, 5.74) is 0.539. The number of aliphatic hydroxyl groups excluding tert-OH is 1. The summed E-state index contributed by atoms with van der Waals surface area (Å²) in [5.74, 6) is -2.37. The lowest BCUT2D eigenvalue weighted by Gasteiger charge is -2.09. The lowest BCUT2D eigenvalue weighted by molar-refractivity contribution is 0.0609. The Balaban J connectivity index is 2.04. The maximum atomic E-state index is 13.2. The van der Waals surface area contributed by atoms with Crippen LogP contribution in [0.25, 0.3) is 10.6 Å². The molecule has 0 radical (unpaired) electrons. The fourth-order valence-electron chi connectivity index (χ4n) is 1.69. The molecule has 1 aromatic heterocycles. The molecule has 1 atom stereocenters. The highest BCUT2D eigenvalue weighted by Gasteiger charge is 2.14. The second-order valence-corrected chi connectivity index (χ2v) is 5.34. The summed E-state index contributed by atoms with van der Waals surface area (Å²) in [6.45, 7) is 0.141. The number of hydrogen-bond donors (Lipinski definition) is 2. The Bertz CT molecular complexity index is 663. The van der Waals surface area contributed by atoms with E-state index in [9.17, 15) is 18.7 Å². The van der Waals surface area contributed by atoms with Crippen LogP contribution in [-0.4, -0.2) is 42.4 Å². The third kappa shape index (κ3) is 4.06. The van der Waals surface area contributed by atoms with Gasteiger partial charge in [-0.2, -0.15) is 0 Å². The quantitative estimate of drug-likeness (QED) is 0.849. The molecule has 0 aliphatic heterocycles. The van der Waals surface area contributed by atoms with Crippen LogP contribution in [0.4, 0.5) is 8.78 Å². The number of nitrogens with one attached hydrogen (secondary N) is 1. The third-order valence-electron chi connectivity index (χ3n) is 2.76. The third-order valence-corrected chi connectivity index (χ3v) is 3.65. The molecule has 8 heteroatoms. The molecule has 1 heterocycles. The minimum absolute atomic E-state index is 0.0325. The summed E-state index contributed by atoms with van der Waals surface area (Å²) in [6, 6.07) is 3.42. The van der Waals surface area contributed by atoms with Gasteiger partial charge in [-0.15, -0.1) is 11.3 Å². The summed E-state index contributed by atoms with van der Waals surface area (Å²) in [5, 5.41) is 13.9. The molecular weight excluding hydrogens is 314 g/mol. The fraction of sp³-hybridized carbons (Fsp3) is 0.286. The number of carbonyl (C=O) groups excluding carboxylic acids is 1. The van der Waals surface area contributed by atoms with Crippen LogP contribution in [0.5, 0.6) is 0 Å². The van der Waals surface area contributed by atoms with Crippen LogP contribution in [0.3, 0.4) is 0 Å². The first-order valence-electron chi connectivity index (χ1n) is 6.37. The zero-order valence-electron chi connectivity index (χ0n) is 11.7. The highest BCUT2D eigenvalue weighted by atomic mass is 32.1. The van der Waals surface area contributed by atoms with E-state index in [0.29, 0.717) is 10.6 Å². The van der Waals surface area contributed by atoms with Crippen molar-refractivity contribution in [3.8, 4) is 10.6 Å². The molecule has 0 bridgehead atoms. The Morgan fingerprint density at radius 3 is 2.91 bits per heavy atom. The van der Waals surface area contributed by atoms with Gasteiger partial charge in [0.1, 0.15) is 10.7 Å². The number of aliphatic hydroxyl groups is 1. The highest BCUT2D eigenvalue weighted by molar-refractivity contribution is 7.13. The molecule has 2 rings (SSSR count). The molecule has 0 fully saturated rings. The number of hydrogen-bond acceptors (Lipinski definition) is 5. The summed E-state index contributed by atoms with van der Waals surface area (Å²) in [6.07, 6.45) is -0.807. The lowest BCUT2D eigenvalue weighted by atomic mass is 10.2. The van der Waals surface area contributed by atoms with Crippen molar-refractivity contribution in [3.05, 3.63) is 40.9 Å². The predicted octanol–water partition coefficient (Wildman–Crippen LogP) is 1.83. The second kappa shape index (κ2) is 7.39. The van der Waals surface area contributed by atoms with Gasteiger partial charge in [-0.3, -0.25) is 4.79 Å². The van der Waals surface area contributed by atoms with Crippen molar-refractivity contribution in [2.75, 3.05) is 20.3 Å². The van der Waals surface area contributed by atoms with Gasteiger partial charge in [0.05, 0.1) is 12.7 Å². The number of benzene rings is 1. The first-order valence-corrected chi connectivity index (χ1v) is 7.25. The van der Waals surface area contributed by atoms with Crippen molar-refractivity contribution in [2.24, 2.45) is 0 Å². The van der Waals surface area contributed by atoms with Crippen LogP contribution in [-0.2, 0) is 4.74 Å². The number of aromatic nitrogens is 1. The Labute approximate surface area is 129 Å². The van der Waals surface area contributed by atoms with Crippen LogP contribution < -0.4 is 5.32 Å². The molecule has 0 aliphatic rings. The number of nitrogens with zero attached hydrogens (tertiary/aromatic N) is 1. The van der Waals surface area contributed by atoms with Gasteiger partial charge < -0.3 is 15.2 Å². The number of methoxy groups -OCH3 is 1. The Morgan fingerprint density at radius 2 is 2.23 bits per heavy atom. The molecule has 1 unspecified atom stereocenters. The average molecular weight is 328 g/mol. The molecule has 118 valence electrons. The van der Waals surface area contributed by atoms with Crippen molar-refractivity contribution < 1.29 is 23.4 Å². The van der Waals surface area contributed by atoms with Crippen molar-refractivity contribution in [2.45, 2.75) is 6.10 Å². The molecule has 0 aliphatic carbocycles. The van der Waals surface area contributed by atoms with Gasteiger partial charge in [-0.1, -0.05) is 0 Å². The van der Waals surface area contributed by atoms with E-state index < -0.39 is 23.6 Å². The van der Waals surface area contributed by atoms with Crippen LogP contribution in [0, 0.1) is 11.6 Å². The van der Waals surface area contributed by atoms with Crippen LogP contribution in [0.1, 0.15) is 10.5 Å². The van der Waals surface area contributed by atoms with Gasteiger partial charge in [0.2, 0.25) is 0 Å². The van der Waals surface area contributed by atoms with Crippen LogP contribution >= 0.6 is 11.3 Å². The van der Waals surface area contributed by atoms with E-state index in [1.807, 2.05) is 0 Å². The van der Waals surface area contributed by atoms with E-state index in [0.717, 1.165) is 23.5 Å². The molecule has 1 amide bonds. The largest absolute Gasteiger partial charge is 0.389 e. The lowest BCUT2D eigenvalue weighted by Crippen LogP contribution is -2.34. The number of ether oxygens (including phenoxy) is 1. The molecule has 0 saturated carbocycles. The number of thiazole rings is 1. The minimum atomic E-state index is -0.971. The highest BCUT2D eigenvalue weighted by Crippen LogP contribution is 2.25. The standard InChI is InChI=1S/C14H14F2N2O3S/c1-21-6-9(19)5-17-13(20)12-7-22-14(18-12)8-2-3-10(15)11(16)4-8/h2-4,7,9,19H,5-6H2,1H3,(H,17,20). The minimum Gasteiger partial charge on any atom is -0.389 e. The predicted molar refractivity (Wildman–Crippen MR) is 77.7 cm³/mol. The normalized spacial score (nSPS) is 12.2. The zero-order valence-corrected chi connectivity index (χ0v) is 12.5. The number of halogens is 2. The number of rotatable bonds is 6. The van der Waals surface area contributed by atoms with E-state index in [4.69, 9.17) is 4.74 Å². The van der Waals surface area contributed by atoms with E-state index in [1.54, 1.807) is 0 Å². The van der Waals surface area contributed by atoms with Crippen molar-refractivity contribution in [1.29, 1.82) is 0 Å². The van der Waals surface area contributed by atoms with Crippen LogP contribution in [0.15, 0.2) is 23.6 Å². The fourth-order valence-corrected chi connectivity index (χ4v) is 2.49. The maximum absolute atomic E-state index is 13.2. The number of amides is 1. The first kappa shape index (κ1) is 16.5. The zero-order chi connectivity index (χ0) is 16.1. The molecule has 2 aromatic rings. The van der Waals surface area contributed by atoms with Crippen molar-refractivity contribution in [3.63, 3.8) is 0 Å². The monoisotopic (exact) mass is 328 g/mol. The summed E-state index contributed by atoms with van der Waals surface area (Å²) >= 11 is 1.14. The first-order chi connectivity index (χ1) is 10.5. The maximum Gasteiger partial charge on any atom is 0.270 e. The van der Waals surface area contributed by atoms with Gasteiger partial charge in [-0.05, 0) is 18.2 Å². The molecule has 0 spiro atoms.